The minimum atomic E-state index is -0.579. The Morgan fingerprint density at radius 1 is 1.30 bits per heavy atom. The number of rotatable bonds is 4. The van der Waals surface area contributed by atoms with Crippen LogP contribution in [0.15, 0.2) is 34.7 Å². The Bertz CT molecular complexity index is 839. The number of carbonyl (C=O) groups is 2. The second kappa shape index (κ2) is 7.42. The van der Waals surface area contributed by atoms with E-state index in [1.165, 1.54) is 12.1 Å². The summed E-state index contributed by atoms with van der Waals surface area (Å²) in [5.74, 6) is -0.00150. The van der Waals surface area contributed by atoms with Gasteiger partial charge in [-0.05, 0) is 45.0 Å². The van der Waals surface area contributed by atoms with Gasteiger partial charge in [0.05, 0.1) is 12.1 Å². The maximum atomic E-state index is 14.4. The molecule has 1 fully saturated rings. The smallest absolute Gasteiger partial charge is 0.410 e. The lowest BCUT2D eigenvalue weighted by Crippen LogP contribution is -2.36. The molecule has 0 saturated carbocycles. The summed E-state index contributed by atoms with van der Waals surface area (Å²) < 4.78 is 31.0. The molecule has 0 spiro atoms. The molecular formula is C20H22FNO5. The van der Waals surface area contributed by atoms with E-state index in [4.69, 9.17) is 13.9 Å². The molecule has 1 aliphatic rings. The van der Waals surface area contributed by atoms with Crippen molar-refractivity contribution in [2.45, 2.75) is 38.9 Å². The predicted octanol–water partition coefficient (Wildman–Crippen LogP) is 4.29. The molecule has 1 aromatic carbocycles. The first kappa shape index (κ1) is 18.9. The summed E-state index contributed by atoms with van der Waals surface area (Å²) in [6.07, 6.45) is 0.363. The van der Waals surface area contributed by atoms with Crippen LogP contribution in [0.1, 0.15) is 37.7 Å². The van der Waals surface area contributed by atoms with Crippen LogP contribution in [0.5, 0.6) is 5.75 Å². The van der Waals surface area contributed by atoms with Crippen LogP contribution >= 0.6 is 0 Å². The van der Waals surface area contributed by atoms with Gasteiger partial charge in [-0.2, -0.15) is 0 Å². The Labute approximate surface area is 156 Å². The van der Waals surface area contributed by atoms with Crippen molar-refractivity contribution in [2.24, 2.45) is 0 Å². The zero-order chi connectivity index (χ0) is 19.6. The van der Waals surface area contributed by atoms with Crippen LogP contribution in [0.25, 0.3) is 11.3 Å². The van der Waals surface area contributed by atoms with Gasteiger partial charge in [0.2, 0.25) is 0 Å². The van der Waals surface area contributed by atoms with Crippen LogP contribution in [0.3, 0.4) is 0 Å². The molecule has 3 rings (SSSR count). The van der Waals surface area contributed by atoms with Gasteiger partial charge in [-0.3, -0.25) is 4.79 Å². The molecule has 0 N–H and O–H groups in total. The highest BCUT2D eigenvalue weighted by atomic mass is 19.1. The van der Waals surface area contributed by atoms with Crippen LogP contribution in [0.4, 0.5) is 9.18 Å². The summed E-state index contributed by atoms with van der Waals surface area (Å²) >= 11 is 0. The van der Waals surface area contributed by atoms with Crippen LogP contribution in [-0.2, 0) is 4.74 Å². The second-order valence-electron chi connectivity index (χ2n) is 7.39. The molecule has 7 heteroatoms. The number of hydrogen-bond acceptors (Lipinski definition) is 5. The molecule has 2 aromatic rings. The number of benzene rings is 1. The normalized spacial score (nSPS) is 17.0. The summed E-state index contributed by atoms with van der Waals surface area (Å²) in [5.41, 5.74) is -0.163. The van der Waals surface area contributed by atoms with Crippen molar-refractivity contribution < 1.29 is 27.9 Å². The Balaban J connectivity index is 1.75. The maximum Gasteiger partial charge on any atom is 0.410 e. The number of amides is 1. The SMILES string of the molecule is CC(C)(C)OC(=O)N1CCC(Oc2c(F)cccc2-c2ccc(C=O)o2)C1. The van der Waals surface area contributed by atoms with Crippen molar-refractivity contribution in [3.63, 3.8) is 0 Å². The number of aldehydes is 1. The zero-order valence-corrected chi connectivity index (χ0v) is 15.5. The third-order valence-electron chi connectivity index (χ3n) is 4.06. The van der Waals surface area contributed by atoms with Gasteiger partial charge in [0.25, 0.3) is 0 Å². The molecule has 0 bridgehead atoms. The summed E-state index contributed by atoms with van der Waals surface area (Å²) in [6, 6.07) is 7.60. The first-order valence-corrected chi connectivity index (χ1v) is 8.75. The lowest BCUT2D eigenvalue weighted by Gasteiger charge is -2.24. The Kier molecular flexibility index (Phi) is 5.21. The monoisotopic (exact) mass is 375 g/mol. The molecule has 1 amide bonds. The van der Waals surface area contributed by atoms with Crippen molar-refractivity contribution in [2.75, 3.05) is 13.1 Å². The minimum Gasteiger partial charge on any atom is -0.485 e. The van der Waals surface area contributed by atoms with E-state index in [1.54, 1.807) is 43.9 Å². The number of nitrogens with zero attached hydrogens (tertiary/aromatic N) is 1. The van der Waals surface area contributed by atoms with Crippen LogP contribution in [-0.4, -0.2) is 42.1 Å². The molecule has 144 valence electrons. The molecular weight excluding hydrogens is 353 g/mol. The summed E-state index contributed by atoms with van der Waals surface area (Å²) in [6.45, 7) is 6.19. The maximum absolute atomic E-state index is 14.4. The van der Waals surface area contributed by atoms with Crippen LogP contribution < -0.4 is 4.74 Å². The fourth-order valence-electron chi connectivity index (χ4n) is 2.87. The highest BCUT2D eigenvalue weighted by molar-refractivity contribution is 5.74. The molecule has 1 saturated heterocycles. The highest BCUT2D eigenvalue weighted by Gasteiger charge is 2.32. The fourth-order valence-corrected chi connectivity index (χ4v) is 2.87. The second-order valence-corrected chi connectivity index (χ2v) is 7.39. The van der Waals surface area contributed by atoms with Gasteiger partial charge in [0.1, 0.15) is 17.5 Å². The standard InChI is InChI=1S/C20H22FNO5/c1-20(2,3)27-19(24)22-10-9-13(11-22)26-18-15(5-4-6-16(18)21)17-8-7-14(12-23)25-17/h4-8,12-13H,9-11H2,1-3H3. The van der Waals surface area contributed by atoms with Crippen molar-refractivity contribution in [3.05, 3.63) is 41.9 Å². The molecule has 1 unspecified atom stereocenters. The molecule has 6 nitrogen and oxygen atoms in total. The van der Waals surface area contributed by atoms with E-state index in [9.17, 15) is 14.0 Å². The average molecular weight is 375 g/mol. The molecule has 27 heavy (non-hydrogen) atoms. The van der Waals surface area contributed by atoms with Crippen LogP contribution in [0, 0.1) is 5.82 Å². The molecule has 0 aliphatic carbocycles. The Morgan fingerprint density at radius 3 is 2.74 bits per heavy atom. The third-order valence-corrected chi connectivity index (χ3v) is 4.06. The summed E-state index contributed by atoms with van der Waals surface area (Å²) in [5, 5.41) is 0. The number of carbonyl (C=O) groups excluding carboxylic acids is 2. The first-order chi connectivity index (χ1) is 12.8. The number of hydrogen-bond donors (Lipinski definition) is 0. The predicted molar refractivity (Wildman–Crippen MR) is 96.3 cm³/mol. The summed E-state index contributed by atoms with van der Waals surface area (Å²) in [4.78, 5) is 24.6. The van der Waals surface area contributed by atoms with E-state index in [1.807, 2.05) is 0 Å². The fraction of sp³-hybridized carbons (Fsp3) is 0.400. The molecule has 1 aromatic heterocycles. The Hall–Kier alpha value is -2.83. The van der Waals surface area contributed by atoms with Crippen LogP contribution in [0.2, 0.25) is 0 Å². The van der Waals surface area contributed by atoms with Gasteiger partial charge in [0, 0.05) is 13.0 Å². The first-order valence-electron chi connectivity index (χ1n) is 8.75. The van der Waals surface area contributed by atoms with Gasteiger partial charge in [-0.1, -0.05) is 6.07 Å². The van der Waals surface area contributed by atoms with Crippen molar-refractivity contribution in [1.82, 2.24) is 4.90 Å². The average Bonchev–Trinajstić information content (AvgIpc) is 3.24. The zero-order valence-electron chi connectivity index (χ0n) is 15.5. The lowest BCUT2D eigenvalue weighted by atomic mass is 10.1. The van der Waals surface area contributed by atoms with Gasteiger partial charge < -0.3 is 18.8 Å². The van der Waals surface area contributed by atoms with E-state index in [0.29, 0.717) is 37.1 Å². The third kappa shape index (κ3) is 4.48. The van der Waals surface area contributed by atoms with Crippen molar-refractivity contribution >= 4 is 12.4 Å². The number of furan rings is 1. The lowest BCUT2D eigenvalue weighted by molar-refractivity contribution is 0.0275. The number of ether oxygens (including phenoxy) is 2. The molecule has 1 atom stereocenters. The van der Waals surface area contributed by atoms with Gasteiger partial charge in [-0.15, -0.1) is 0 Å². The number of halogens is 1. The van der Waals surface area contributed by atoms with E-state index in [-0.39, 0.29) is 17.6 Å². The Morgan fingerprint density at radius 2 is 2.07 bits per heavy atom. The van der Waals surface area contributed by atoms with Gasteiger partial charge in [0.15, 0.2) is 23.6 Å². The van der Waals surface area contributed by atoms with E-state index in [2.05, 4.69) is 0 Å². The largest absolute Gasteiger partial charge is 0.485 e. The molecule has 2 heterocycles. The number of likely N-dealkylation sites (tertiary alicyclic amines) is 1. The van der Waals surface area contributed by atoms with E-state index < -0.39 is 17.5 Å². The van der Waals surface area contributed by atoms with Gasteiger partial charge >= 0.3 is 6.09 Å². The number of para-hydroxylation sites is 1. The topological polar surface area (TPSA) is 69.0 Å². The summed E-state index contributed by atoms with van der Waals surface area (Å²) in [7, 11) is 0. The minimum absolute atomic E-state index is 0.0420. The molecule has 0 radical (unpaired) electrons. The van der Waals surface area contributed by atoms with Crippen molar-refractivity contribution in [1.29, 1.82) is 0 Å². The van der Waals surface area contributed by atoms with Gasteiger partial charge in [-0.25, -0.2) is 9.18 Å². The van der Waals surface area contributed by atoms with Crippen molar-refractivity contribution in [3.8, 4) is 17.1 Å². The molecule has 1 aliphatic heterocycles. The van der Waals surface area contributed by atoms with E-state index >= 15 is 0 Å². The quantitative estimate of drug-likeness (QED) is 0.746. The van der Waals surface area contributed by atoms with E-state index in [0.717, 1.165) is 0 Å². The highest BCUT2D eigenvalue weighted by Crippen LogP contribution is 2.35.